The van der Waals surface area contributed by atoms with Crippen LogP contribution in [0.25, 0.3) is 0 Å². The summed E-state index contributed by atoms with van der Waals surface area (Å²) in [5.41, 5.74) is -0.219. The first-order valence-corrected chi connectivity index (χ1v) is 3.65. The Morgan fingerprint density at radius 2 is 1.82 bits per heavy atom. The molecular weight excluding hydrogens is 167 g/mol. The van der Waals surface area contributed by atoms with Crippen LogP contribution in [0.5, 0.6) is 0 Å². The highest BCUT2D eigenvalue weighted by molar-refractivity contribution is 7.39. The summed E-state index contributed by atoms with van der Waals surface area (Å²) in [5, 5.41) is 13.1. The first kappa shape index (κ1) is 10.3. The van der Waals surface area contributed by atoms with Crippen LogP contribution in [-0.4, -0.2) is 36.4 Å². The van der Waals surface area contributed by atoms with Crippen molar-refractivity contribution in [3.05, 3.63) is 0 Å². The summed E-state index contributed by atoms with van der Waals surface area (Å²) in [6.45, 7) is 0.183. The largest absolute Gasteiger partial charge is 0.387 e. The molecule has 0 rings (SSSR count). The zero-order valence-electron chi connectivity index (χ0n) is 5.96. The van der Waals surface area contributed by atoms with E-state index in [1.54, 1.807) is 0 Å². The zero-order chi connectivity index (χ0) is 8.69. The molecule has 0 bridgehead atoms. The average molecular weight is 178 g/mol. The van der Waals surface area contributed by atoms with Crippen molar-refractivity contribution in [2.75, 3.05) is 19.7 Å². The maximum atomic E-state index is 10.4. The molecule has 0 aliphatic carbocycles. The van der Waals surface area contributed by atoms with Crippen LogP contribution in [0.15, 0.2) is 0 Å². The van der Waals surface area contributed by atoms with Crippen molar-refractivity contribution in [2.45, 2.75) is 0 Å². The number of hydrogen-bond acceptors (Lipinski definition) is 3. The van der Waals surface area contributed by atoms with Gasteiger partial charge in [0.1, 0.15) is 6.61 Å². The van der Waals surface area contributed by atoms with Gasteiger partial charge in [-0.15, -0.1) is 0 Å². The Kier molecular flexibility index (Phi) is 5.70. The minimum absolute atomic E-state index is 0.219. The molecule has 0 heterocycles. The van der Waals surface area contributed by atoms with E-state index in [1.165, 1.54) is 0 Å². The van der Waals surface area contributed by atoms with Gasteiger partial charge in [0.15, 0.2) is 0 Å². The van der Waals surface area contributed by atoms with E-state index in [-0.39, 0.29) is 5.65 Å². The lowest BCUT2D eigenvalue weighted by Gasteiger charge is -2.02. The highest BCUT2D eigenvalue weighted by Crippen LogP contribution is 1.79. The third-order valence-corrected chi connectivity index (χ3v) is 1.09. The number of aliphatic hydroxyl groups is 1. The topological polar surface area (TPSA) is 78.4 Å². The SMILES string of the molecule is O=C(P)NCCNC(=O)CO. The Hall–Kier alpha value is -0.670. The standard InChI is InChI=1S/C5H11N2O3P/c8-3-4(9)6-1-2-7-5(10)11/h8H,1-3,11H2,(H,6,9)(H,7,10). The second-order valence-electron chi connectivity index (χ2n) is 1.80. The molecule has 11 heavy (non-hydrogen) atoms. The maximum absolute atomic E-state index is 10.4. The van der Waals surface area contributed by atoms with Crippen LogP contribution in [0.3, 0.4) is 0 Å². The fraction of sp³-hybridized carbons (Fsp3) is 0.600. The maximum Gasteiger partial charge on any atom is 0.245 e. The molecule has 0 aromatic rings. The second-order valence-corrected chi connectivity index (χ2v) is 2.32. The summed E-state index contributed by atoms with van der Waals surface area (Å²) in [7, 11) is 1.95. The number of carbonyl (C=O) groups is 2. The molecule has 0 fully saturated rings. The molecule has 0 radical (unpaired) electrons. The molecule has 0 aliphatic heterocycles. The van der Waals surface area contributed by atoms with Gasteiger partial charge < -0.3 is 15.7 Å². The molecule has 0 aliphatic rings. The van der Waals surface area contributed by atoms with Gasteiger partial charge >= 0.3 is 0 Å². The Bertz CT molecular complexity index is 151. The lowest BCUT2D eigenvalue weighted by Crippen LogP contribution is -2.33. The van der Waals surface area contributed by atoms with Gasteiger partial charge in [-0.05, 0) is 9.24 Å². The second kappa shape index (κ2) is 6.07. The van der Waals surface area contributed by atoms with Crippen LogP contribution in [0.4, 0.5) is 4.79 Å². The van der Waals surface area contributed by atoms with Crippen LogP contribution in [0.1, 0.15) is 0 Å². The average Bonchev–Trinajstić information content (AvgIpc) is 1.97. The van der Waals surface area contributed by atoms with Gasteiger partial charge in [0.05, 0.1) is 0 Å². The molecule has 0 spiro atoms. The van der Waals surface area contributed by atoms with Crippen LogP contribution < -0.4 is 10.6 Å². The summed E-state index contributed by atoms with van der Waals surface area (Å²) < 4.78 is 0. The first-order valence-electron chi connectivity index (χ1n) is 3.07. The molecule has 3 N–H and O–H groups in total. The zero-order valence-corrected chi connectivity index (χ0v) is 7.12. The predicted molar refractivity (Wildman–Crippen MR) is 43.2 cm³/mol. The Morgan fingerprint density at radius 3 is 2.27 bits per heavy atom. The summed E-state index contributed by atoms with van der Waals surface area (Å²) in [5.74, 6) is -0.442. The van der Waals surface area contributed by atoms with E-state index in [0.717, 1.165) is 0 Å². The van der Waals surface area contributed by atoms with Gasteiger partial charge in [-0.3, -0.25) is 9.59 Å². The van der Waals surface area contributed by atoms with Crippen molar-refractivity contribution < 1.29 is 14.7 Å². The fourth-order valence-electron chi connectivity index (χ4n) is 0.444. The smallest absolute Gasteiger partial charge is 0.245 e. The van der Waals surface area contributed by atoms with Crippen molar-refractivity contribution in [1.82, 2.24) is 10.6 Å². The van der Waals surface area contributed by atoms with Crippen LogP contribution >= 0.6 is 9.24 Å². The number of rotatable bonds is 4. The summed E-state index contributed by atoms with van der Waals surface area (Å²) >= 11 is 0. The highest BCUT2D eigenvalue weighted by Gasteiger charge is 1.95. The van der Waals surface area contributed by atoms with Gasteiger partial charge in [0, 0.05) is 13.1 Å². The number of hydrogen-bond donors (Lipinski definition) is 3. The van der Waals surface area contributed by atoms with E-state index < -0.39 is 12.5 Å². The first-order chi connectivity index (χ1) is 5.16. The number of nitrogens with one attached hydrogen (secondary N) is 2. The molecule has 64 valence electrons. The van der Waals surface area contributed by atoms with Gasteiger partial charge in [-0.1, -0.05) is 0 Å². The van der Waals surface area contributed by atoms with Crippen LogP contribution in [-0.2, 0) is 4.79 Å². The van der Waals surface area contributed by atoms with Gasteiger partial charge in [0.25, 0.3) is 0 Å². The lowest BCUT2D eigenvalue weighted by molar-refractivity contribution is -0.123. The van der Waals surface area contributed by atoms with E-state index >= 15 is 0 Å². The fourth-order valence-corrected chi connectivity index (χ4v) is 0.588. The molecule has 5 nitrogen and oxygen atoms in total. The Morgan fingerprint density at radius 1 is 1.27 bits per heavy atom. The van der Waals surface area contributed by atoms with E-state index in [4.69, 9.17) is 5.11 Å². The van der Waals surface area contributed by atoms with Crippen molar-refractivity contribution >= 4 is 20.8 Å². The Balaban J connectivity index is 3.14. The summed E-state index contributed by atoms with van der Waals surface area (Å²) in [6.07, 6.45) is 0. The van der Waals surface area contributed by atoms with Crippen LogP contribution in [0, 0.1) is 0 Å². The summed E-state index contributed by atoms with van der Waals surface area (Å²) in [4.78, 5) is 20.6. The monoisotopic (exact) mass is 178 g/mol. The molecule has 0 aromatic carbocycles. The third-order valence-electron chi connectivity index (χ3n) is 0.890. The molecule has 0 saturated carbocycles. The van der Waals surface area contributed by atoms with Crippen molar-refractivity contribution in [2.24, 2.45) is 0 Å². The quantitative estimate of drug-likeness (QED) is 0.369. The van der Waals surface area contributed by atoms with E-state index in [2.05, 4.69) is 10.6 Å². The van der Waals surface area contributed by atoms with Gasteiger partial charge in [-0.2, -0.15) is 0 Å². The molecule has 1 atom stereocenters. The number of carbonyl (C=O) groups excluding carboxylic acids is 2. The molecule has 2 amide bonds. The molecule has 0 aromatic heterocycles. The van der Waals surface area contributed by atoms with Gasteiger partial charge in [-0.25, -0.2) is 0 Å². The van der Waals surface area contributed by atoms with Crippen molar-refractivity contribution in [1.29, 1.82) is 0 Å². The Labute approximate surface area is 66.7 Å². The molecule has 6 heteroatoms. The van der Waals surface area contributed by atoms with Crippen LogP contribution in [0.2, 0.25) is 0 Å². The van der Waals surface area contributed by atoms with Crippen molar-refractivity contribution in [3.63, 3.8) is 0 Å². The van der Waals surface area contributed by atoms with E-state index in [1.807, 2.05) is 9.24 Å². The normalized spacial score (nSPS) is 8.91. The molecule has 1 unspecified atom stereocenters. The molecular formula is C5H11N2O3P. The lowest BCUT2D eigenvalue weighted by atomic mass is 10.5. The minimum Gasteiger partial charge on any atom is -0.387 e. The third kappa shape index (κ3) is 7.22. The minimum atomic E-state index is -0.519. The highest BCUT2D eigenvalue weighted by atomic mass is 31.0. The number of amides is 2. The van der Waals surface area contributed by atoms with Gasteiger partial charge in [0.2, 0.25) is 11.6 Å². The molecule has 0 saturated heterocycles. The van der Waals surface area contributed by atoms with E-state index in [0.29, 0.717) is 13.1 Å². The number of aliphatic hydroxyl groups excluding tert-OH is 1. The van der Waals surface area contributed by atoms with E-state index in [9.17, 15) is 9.59 Å². The summed E-state index contributed by atoms with van der Waals surface area (Å²) in [6, 6.07) is 0. The van der Waals surface area contributed by atoms with Crippen molar-refractivity contribution in [3.8, 4) is 0 Å². The predicted octanol–water partition coefficient (Wildman–Crippen LogP) is -1.32.